The van der Waals surface area contributed by atoms with Gasteiger partial charge in [-0.15, -0.1) is 0 Å². The minimum atomic E-state index is -0.309. The molecule has 3 rings (SSSR count). The maximum atomic E-state index is 13.0. The number of carbonyl (C=O) groups excluding carboxylic acids is 1. The van der Waals surface area contributed by atoms with Crippen LogP contribution in [0.4, 0.5) is 4.39 Å². The van der Waals surface area contributed by atoms with Crippen LogP contribution in [0.1, 0.15) is 24.6 Å². The number of carbonyl (C=O) groups is 1. The van der Waals surface area contributed by atoms with Crippen molar-refractivity contribution >= 4 is 5.91 Å². The fraction of sp³-hybridized carbons (Fsp3) is 0.273. The highest BCUT2D eigenvalue weighted by atomic mass is 19.1. The molecule has 0 saturated heterocycles. The van der Waals surface area contributed by atoms with Crippen LogP contribution in [0.5, 0.6) is 0 Å². The number of rotatable bonds is 9. The molecule has 0 radical (unpaired) electrons. The molecule has 0 saturated carbocycles. The van der Waals surface area contributed by atoms with Crippen LogP contribution in [-0.2, 0) is 22.6 Å². The van der Waals surface area contributed by atoms with Gasteiger partial charge in [0, 0.05) is 17.7 Å². The molecule has 0 unspecified atom stereocenters. The molecule has 0 aliphatic rings. The van der Waals surface area contributed by atoms with Gasteiger partial charge in [0.1, 0.15) is 18.1 Å². The molecule has 5 nitrogen and oxygen atoms in total. The molecular formula is C22H23FN2O3. The van der Waals surface area contributed by atoms with Crippen LogP contribution < -0.4 is 5.32 Å². The summed E-state index contributed by atoms with van der Waals surface area (Å²) in [4.78, 5) is 12.0. The Morgan fingerprint density at radius 2 is 1.93 bits per heavy atom. The van der Waals surface area contributed by atoms with Crippen molar-refractivity contribution < 1.29 is 18.4 Å². The Balaban J connectivity index is 1.37. The maximum Gasteiger partial charge on any atom is 0.246 e. The first-order valence-electron chi connectivity index (χ1n) is 9.23. The van der Waals surface area contributed by atoms with Gasteiger partial charge in [0.2, 0.25) is 5.91 Å². The Morgan fingerprint density at radius 3 is 2.68 bits per heavy atom. The largest absolute Gasteiger partial charge is 0.365 e. The third-order valence-electron chi connectivity index (χ3n) is 4.29. The zero-order valence-corrected chi connectivity index (χ0v) is 15.7. The van der Waals surface area contributed by atoms with E-state index in [2.05, 4.69) is 22.6 Å². The van der Waals surface area contributed by atoms with Crippen LogP contribution in [0.2, 0.25) is 0 Å². The average molecular weight is 382 g/mol. The van der Waals surface area contributed by atoms with Crippen LogP contribution in [0.3, 0.4) is 0 Å². The predicted molar refractivity (Wildman–Crippen MR) is 104 cm³/mol. The first-order chi connectivity index (χ1) is 13.6. The van der Waals surface area contributed by atoms with Gasteiger partial charge >= 0.3 is 0 Å². The van der Waals surface area contributed by atoms with Crippen LogP contribution in [0.25, 0.3) is 11.3 Å². The quantitative estimate of drug-likeness (QED) is 0.604. The molecule has 1 aromatic heterocycles. The van der Waals surface area contributed by atoms with Gasteiger partial charge in [-0.25, -0.2) is 4.39 Å². The highest BCUT2D eigenvalue weighted by molar-refractivity contribution is 5.77. The molecule has 0 aliphatic heterocycles. The predicted octanol–water partition coefficient (Wildman–Crippen LogP) is 4.13. The van der Waals surface area contributed by atoms with Crippen molar-refractivity contribution in [3.05, 3.63) is 77.7 Å². The summed E-state index contributed by atoms with van der Waals surface area (Å²) in [6.45, 7) is 2.10. The molecule has 1 N–H and O–H groups in total. The Bertz CT molecular complexity index is 878. The molecule has 0 fully saturated rings. The lowest BCUT2D eigenvalue weighted by atomic mass is 10.1. The fourth-order valence-electron chi connectivity index (χ4n) is 2.79. The van der Waals surface area contributed by atoms with E-state index in [1.807, 2.05) is 25.1 Å². The van der Waals surface area contributed by atoms with E-state index in [4.69, 9.17) is 9.26 Å². The summed E-state index contributed by atoms with van der Waals surface area (Å²) >= 11 is 0. The Hall–Kier alpha value is -2.99. The molecule has 0 spiro atoms. The van der Waals surface area contributed by atoms with Gasteiger partial charge in [0.05, 0.1) is 6.61 Å². The lowest BCUT2D eigenvalue weighted by Crippen LogP contribution is -2.35. The van der Waals surface area contributed by atoms with Crippen molar-refractivity contribution in [2.75, 3.05) is 6.61 Å². The third kappa shape index (κ3) is 6.03. The van der Waals surface area contributed by atoms with E-state index in [0.29, 0.717) is 11.5 Å². The number of hydrogen-bond acceptors (Lipinski definition) is 4. The number of benzene rings is 2. The van der Waals surface area contributed by atoms with Crippen LogP contribution in [0, 0.1) is 5.82 Å². The molecule has 146 valence electrons. The zero-order chi connectivity index (χ0) is 19.8. The number of nitrogens with zero attached hydrogens (tertiary/aromatic N) is 1. The van der Waals surface area contributed by atoms with Gasteiger partial charge in [0.25, 0.3) is 0 Å². The molecule has 28 heavy (non-hydrogen) atoms. The first-order valence-corrected chi connectivity index (χ1v) is 9.23. The molecule has 1 atom stereocenters. The van der Waals surface area contributed by atoms with E-state index < -0.39 is 0 Å². The second kappa shape index (κ2) is 9.80. The van der Waals surface area contributed by atoms with Gasteiger partial charge < -0.3 is 14.6 Å². The van der Waals surface area contributed by atoms with E-state index in [1.54, 1.807) is 18.2 Å². The summed E-state index contributed by atoms with van der Waals surface area (Å²) in [5.74, 6) is 0.0521. The SMILES string of the molecule is C[C@H](CCc1ccccc1)NC(=O)COCc1cc(-c2ccc(F)cc2)on1. The summed E-state index contributed by atoms with van der Waals surface area (Å²) in [7, 11) is 0. The monoisotopic (exact) mass is 382 g/mol. The molecule has 0 aliphatic carbocycles. The second-order valence-electron chi connectivity index (χ2n) is 6.68. The maximum absolute atomic E-state index is 13.0. The molecular weight excluding hydrogens is 359 g/mol. The lowest BCUT2D eigenvalue weighted by Gasteiger charge is -2.13. The highest BCUT2D eigenvalue weighted by Gasteiger charge is 2.10. The Labute approximate surface area is 163 Å². The number of halogens is 1. The molecule has 6 heteroatoms. The van der Waals surface area contributed by atoms with E-state index in [9.17, 15) is 9.18 Å². The number of ether oxygens (including phenoxy) is 1. The molecule has 1 amide bonds. The topological polar surface area (TPSA) is 64.4 Å². The van der Waals surface area contributed by atoms with Gasteiger partial charge in [-0.2, -0.15) is 0 Å². The number of aryl methyl sites for hydroxylation is 1. The van der Waals surface area contributed by atoms with Gasteiger partial charge in [-0.3, -0.25) is 4.79 Å². The molecule has 3 aromatic rings. The second-order valence-corrected chi connectivity index (χ2v) is 6.68. The molecule has 0 bridgehead atoms. The summed E-state index contributed by atoms with van der Waals surface area (Å²) in [6.07, 6.45) is 1.77. The van der Waals surface area contributed by atoms with Gasteiger partial charge in [-0.1, -0.05) is 35.5 Å². The first kappa shape index (κ1) is 19.8. The summed E-state index contributed by atoms with van der Waals surface area (Å²) in [6, 6.07) is 17.9. The van der Waals surface area contributed by atoms with E-state index in [0.717, 1.165) is 18.4 Å². The fourth-order valence-corrected chi connectivity index (χ4v) is 2.79. The van der Waals surface area contributed by atoms with Gasteiger partial charge in [-0.05, 0) is 49.6 Å². The standard InChI is InChI=1S/C22H23FN2O3/c1-16(7-8-17-5-3-2-4-6-17)24-22(26)15-27-14-20-13-21(28-25-20)18-9-11-19(23)12-10-18/h2-6,9-13,16H,7-8,14-15H2,1H3,(H,24,26)/t16-/m1/s1. The number of aromatic nitrogens is 1. The summed E-state index contributed by atoms with van der Waals surface area (Å²) < 4.78 is 23.6. The van der Waals surface area contributed by atoms with Crippen LogP contribution >= 0.6 is 0 Å². The molecule has 2 aromatic carbocycles. The summed E-state index contributed by atoms with van der Waals surface area (Å²) in [5.41, 5.74) is 2.55. The third-order valence-corrected chi connectivity index (χ3v) is 4.29. The highest BCUT2D eigenvalue weighted by Crippen LogP contribution is 2.20. The Kier molecular flexibility index (Phi) is 6.92. The van der Waals surface area contributed by atoms with E-state index >= 15 is 0 Å². The zero-order valence-electron chi connectivity index (χ0n) is 15.7. The minimum Gasteiger partial charge on any atom is -0.365 e. The van der Waals surface area contributed by atoms with E-state index in [1.165, 1.54) is 17.7 Å². The number of amides is 1. The van der Waals surface area contributed by atoms with E-state index in [-0.39, 0.29) is 31.0 Å². The van der Waals surface area contributed by atoms with Crippen molar-refractivity contribution in [1.82, 2.24) is 10.5 Å². The Morgan fingerprint density at radius 1 is 1.18 bits per heavy atom. The van der Waals surface area contributed by atoms with Gasteiger partial charge in [0.15, 0.2) is 5.76 Å². The minimum absolute atomic E-state index is 0.0472. The van der Waals surface area contributed by atoms with Crippen molar-refractivity contribution in [2.24, 2.45) is 0 Å². The van der Waals surface area contributed by atoms with Crippen LogP contribution in [0.15, 0.2) is 65.2 Å². The average Bonchev–Trinajstić information content (AvgIpc) is 3.16. The lowest BCUT2D eigenvalue weighted by molar-refractivity contribution is -0.126. The molecule has 1 heterocycles. The van der Waals surface area contributed by atoms with Crippen molar-refractivity contribution in [1.29, 1.82) is 0 Å². The van der Waals surface area contributed by atoms with Crippen molar-refractivity contribution in [3.63, 3.8) is 0 Å². The summed E-state index contributed by atoms with van der Waals surface area (Å²) in [5, 5.41) is 6.84. The van der Waals surface area contributed by atoms with Crippen LogP contribution in [-0.4, -0.2) is 23.7 Å². The number of hydrogen-bond donors (Lipinski definition) is 1. The number of nitrogens with one attached hydrogen (secondary N) is 1. The van der Waals surface area contributed by atoms with Crippen molar-refractivity contribution in [3.8, 4) is 11.3 Å². The smallest absolute Gasteiger partial charge is 0.246 e. The van der Waals surface area contributed by atoms with Crippen molar-refractivity contribution in [2.45, 2.75) is 32.4 Å². The normalized spacial score (nSPS) is 11.9.